The first-order chi connectivity index (χ1) is 6.86. The van der Waals surface area contributed by atoms with Gasteiger partial charge in [0.1, 0.15) is 0 Å². The van der Waals surface area contributed by atoms with Gasteiger partial charge in [0.25, 0.3) is 0 Å². The van der Waals surface area contributed by atoms with Crippen LogP contribution in [-0.4, -0.2) is 18.1 Å². The molecule has 2 fully saturated rings. The number of hydrogen-bond donors (Lipinski definition) is 2. The maximum absolute atomic E-state index is 6.19. The molecule has 2 saturated carbocycles. The zero-order valence-electron chi connectivity index (χ0n) is 9.17. The molecule has 0 saturated heterocycles. The topological polar surface area (TPSA) is 38.0 Å². The molecule has 82 valence electrons. The van der Waals surface area contributed by atoms with Gasteiger partial charge in [0.05, 0.1) is 0 Å². The van der Waals surface area contributed by atoms with Crippen LogP contribution in [0.1, 0.15) is 57.8 Å². The largest absolute Gasteiger partial charge is 0.326 e. The molecule has 2 heteroatoms. The molecule has 0 aliphatic heterocycles. The zero-order valence-corrected chi connectivity index (χ0v) is 9.17. The average Bonchev–Trinajstić information content (AvgIpc) is 2.60. The van der Waals surface area contributed by atoms with Gasteiger partial charge in [-0.25, -0.2) is 0 Å². The molecule has 0 heterocycles. The van der Waals surface area contributed by atoms with Crippen LogP contribution < -0.4 is 11.1 Å². The molecule has 2 rings (SSSR count). The number of hydrogen-bond acceptors (Lipinski definition) is 2. The predicted molar refractivity (Wildman–Crippen MR) is 60.2 cm³/mol. The van der Waals surface area contributed by atoms with E-state index in [0.717, 1.165) is 6.04 Å². The monoisotopic (exact) mass is 196 g/mol. The van der Waals surface area contributed by atoms with Crippen LogP contribution in [-0.2, 0) is 0 Å². The first-order valence-electron chi connectivity index (χ1n) is 6.38. The van der Waals surface area contributed by atoms with Crippen LogP contribution >= 0.6 is 0 Å². The molecule has 2 aliphatic carbocycles. The molecule has 0 spiro atoms. The molecule has 3 N–H and O–H groups in total. The number of nitrogens with one attached hydrogen (secondary N) is 1. The van der Waals surface area contributed by atoms with E-state index in [1.54, 1.807) is 0 Å². The van der Waals surface area contributed by atoms with Gasteiger partial charge in [-0.05, 0) is 25.7 Å². The molecule has 2 nitrogen and oxygen atoms in total. The fraction of sp³-hybridized carbons (Fsp3) is 1.00. The minimum absolute atomic E-state index is 0.415. The zero-order chi connectivity index (χ0) is 9.80. The highest BCUT2D eigenvalue weighted by atomic mass is 15.0. The molecule has 0 aromatic rings. The molecule has 0 bridgehead atoms. The number of nitrogens with two attached hydrogens (primary N) is 1. The molecule has 2 atom stereocenters. The maximum Gasteiger partial charge on any atom is 0.0221 e. The van der Waals surface area contributed by atoms with Gasteiger partial charge >= 0.3 is 0 Å². The Balaban J connectivity index is 1.81. The van der Waals surface area contributed by atoms with Crippen LogP contribution in [0.2, 0.25) is 0 Å². The molecule has 14 heavy (non-hydrogen) atoms. The van der Waals surface area contributed by atoms with E-state index in [1.807, 2.05) is 0 Å². The quantitative estimate of drug-likeness (QED) is 0.664. The lowest BCUT2D eigenvalue weighted by molar-refractivity contribution is 0.361. The summed E-state index contributed by atoms with van der Waals surface area (Å²) in [6, 6.07) is 1.81. The molecule has 0 aromatic heterocycles. The van der Waals surface area contributed by atoms with E-state index in [4.69, 9.17) is 5.73 Å². The molecule has 0 amide bonds. The Hall–Kier alpha value is -0.0800. The van der Waals surface area contributed by atoms with E-state index in [9.17, 15) is 0 Å². The minimum atomic E-state index is 0.415. The van der Waals surface area contributed by atoms with E-state index in [-0.39, 0.29) is 0 Å². The van der Waals surface area contributed by atoms with Gasteiger partial charge in [0.2, 0.25) is 0 Å². The fourth-order valence-electron chi connectivity index (χ4n) is 2.94. The molecule has 2 aliphatic rings. The lowest BCUT2D eigenvalue weighted by atomic mass is 10.0. The first kappa shape index (κ1) is 10.4. The first-order valence-corrected chi connectivity index (χ1v) is 6.38. The van der Waals surface area contributed by atoms with Crippen LogP contribution in [0.25, 0.3) is 0 Å². The maximum atomic E-state index is 6.19. The Labute approximate surface area is 87.6 Å². The van der Waals surface area contributed by atoms with Gasteiger partial charge in [0.15, 0.2) is 0 Å². The Morgan fingerprint density at radius 1 is 0.786 bits per heavy atom. The van der Waals surface area contributed by atoms with Crippen molar-refractivity contribution in [2.24, 2.45) is 5.73 Å². The normalized spacial score (nSPS) is 35.8. The Morgan fingerprint density at radius 2 is 1.43 bits per heavy atom. The van der Waals surface area contributed by atoms with Gasteiger partial charge in [-0.3, -0.25) is 0 Å². The number of rotatable bonds is 2. The van der Waals surface area contributed by atoms with E-state index in [0.29, 0.717) is 12.1 Å². The van der Waals surface area contributed by atoms with Crippen molar-refractivity contribution in [1.82, 2.24) is 5.32 Å². The van der Waals surface area contributed by atoms with Crippen molar-refractivity contribution in [3.63, 3.8) is 0 Å². The summed E-state index contributed by atoms with van der Waals surface area (Å²) < 4.78 is 0. The smallest absolute Gasteiger partial charge is 0.0221 e. The third kappa shape index (κ3) is 2.71. The lowest BCUT2D eigenvalue weighted by Gasteiger charge is -2.26. The minimum Gasteiger partial charge on any atom is -0.326 e. The van der Waals surface area contributed by atoms with Crippen LogP contribution in [0.3, 0.4) is 0 Å². The molecular weight excluding hydrogens is 172 g/mol. The predicted octanol–water partition coefficient (Wildman–Crippen LogP) is 2.18. The van der Waals surface area contributed by atoms with Crippen LogP contribution in [0, 0.1) is 0 Å². The summed E-state index contributed by atoms with van der Waals surface area (Å²) in [5, 5.41) is 3.78. The van der Waals surface area contributed by atoms with Crippen molar-refractivity contribution in [2.75, 3.05) is 0 Å². The SMILES string of the molecule is NC1CCCCCC1NC1CCCC1. The van der Waals surface area contributed by atoms with Crippen molar-refractivity contribution in [2.45, 2.75) is 75.9 Å². The average molecular weight is 196 g/mol. The summed E-state index contributed by atoms with van der Waals surface area (Å²) in [6.07, 6.45) is 12.2. The second kappa shape index (κ2) is 5.13. The summed E-state index contributed by atoms with van der Waals surface area (Å²) in [4.78, 5) is 0. The lowest BCUT2D eigenvalue weighted by Crippen LogP contribution is -2.47. The summed E-state index contributed by atoms with van der Waals surface area (Å²) in [5.74, 6) is 0. The summed E-state index contributed by atoms with van der Waals surface area (Å²) in [5.41, 5.74) is 6.19. The molecule has 0 aromatic carbocycles. The Kier molecular flexibility index (Phi) is 3.82. The van der Waals surface area contributed by atoms with Crippen LogP contribution in [0.4, 0.5) is 0 Å². The fourth-order valence-corrected chi connectivity index (χ4v) is 2.94. The highest BCUT2D eigenvalue weighted by Crippen LogP contribution is 2.22. The van der Waals surface area contributed by atoms with Crippen molar-refractivity contribution in [3.05, 3.63) is 0 Å². The van der Waals surface area contributed by atoms with E-state index < -0.39 is 0 Å². The Morgan fingerprint density at radius 3 is 2.21 bits per heavy atom. The van der Waals surface area contributed by atoms with Gasteiger partial charge in [-0.15, -0.1) is 0 Å². The highest BCUT2D eigenvalue weighted by Gasteiger charge is 2.24. The van der Waals surface area contributed by atoms with Gasteiger partial charge < -0.3 is 11.1 Å². The van der Waals surface area contributed by atoms with Gasteiger partial charge in [-0.2, -0.15) is 0 Å². The highest BCUT2D eigenvalue weighted by molar-refractivity contribution is 4.86. The molecule has 2 unspecified atom stereocenters. The molecular formula is C12H24N2. The third-order valence-electron chi connectivity index (χ3n) is 3.87. The van der Waals surface area contributed by atoms with E-state index >= 15 is 0 Å². The van der Waals surface area contributed by atoms with E-state index in [1.165, 1.54) is 57.8 Å². The van der Waals surface area contributed by atoms with Crippen LogP contribution in [0.5, 0.6) is 0 Å². The van der Waals surface area contributed by atoms with Gasteiger partial charge in [-0.1, -0.05) is 32.1 Å². The Bertz CT molecular complexity index is 164. The third-order valence-corrected chi connectivity index (χ3v) is 3.87. The second-order valence-electron chi connectivity index (χ2n) is 5.06. The molecule has 0 radical (unpaired) electrons. The van der Waals surface area contributed by atoms with Crippen molar-refractivity contribution in [3.8, 4) is 0 Å². The van der Waals surface area contributed by atoms with Crippen LogP contribution in [0.15, 0.2) is 0 Å². The van der Waals surface area contributed by atoms with Crippen molar-refractivity contribution >= 4 is 0 Å². The second-order valence-corrected chi connectivity index (χ2v) is 5.06. The standard InChI is InChI=1S/C12H24N2/c13-11-8-2-1-3-9-12(11)14-10-6-4-5-7-10/h10-12,14H,1-9,13H2. The summed E-state index contributed by atoms with van der Waals surface area (Å²) in [7, 11) is 0. The summed E-state index contributed by atoms with van der Waals surface area (Å²) >= 11 is 0. The van der Waals surface area contributed by atoms with Crippen molar-refractivity contribution < 1.29 is 0 Å². The van der Waals surface area contributed by atoms with Crippen molar-refractivity contribution in [1.29, 1.82) is 0 Å². The van der Waals surface area contributed by atoms with Gasteiger partial charge in [0, 0.05) is 18.1 Å². The summed E-state index contributed by atoms with van der Waals surface area (Å²) in [6.45, 7) is 0. The van der Waals surface area contributed by atoms with E-state index in [2.05, 4.69) is 5.32 Å².